The monoisotopic (exact) mass is 335 g/mol. The number of halogens is 1. The number of benzene rings is 1. The normalized spacial score (nSPS) is 12.9. The molecular formula is C17H22FN3OS. The molecule has 23 heavy (non-hydrogen) atoms. The maximum absolute atomic E-state index is 13.0. The molecule has 0 bridgehead atoms. The highest BCUT2D eigenvalue weighted by Gasteiger charge is 2.11. The molecule has 1 atom stereocenters. The molecule has 1 heterocycles. The third kappa shape index (κ3) is 5.65. The molecule has 2 rings (SSSR count). The van der Waals surface area contributed by atoms with E-state index in [-0.39, 0.29) is 11.9 Å². The summed E-state index contributed by atoms with van der Waals surface area (Å²) in [6.45, 7) is 4.00. The summed E-state index contributed by atoms with van der Waals surface area (Å²) < 4.78 is 18.5. The van der Waals surface area contributed by atoms with Gasteiger partial charge in [0.05, 0.1) is 12.6 Å². The number of hydrogen-bond acceptors (Lipinski definition) is 3. The molecule has 0 radical (unpaired) electrons. The molecule has 0 aliphatic carbocycles. The number of nitrogens with zero attached hydrogens (tertiary/aromatic N) is 1. The Labute approximate surface area is 140 Å². The van der Waals surface area contributed by atoms with Crippen LogP contribution in [0.3, 0.4) is 0 Å². The van der Waals surface area contributed by atoms with Crippen LogP contribution in [0, 0.1) is 5.82 Å². The van der Waals surface area contributed by atoms with Crippen molar-refractivity contribution in [3.8, 4) is 0 Å². The molecule has 124 valence electrons. The minimum Gasteiger partial charge on any atom is -0.375 e. The number of thiophene rings is 1. The molecule has 1 unspecified atom stereocenters. The summed E-state index contributed by atoms with van der Waals surface area (Å²) in [6.07, 6.45) is -0.166. The molecule has 4 nitrogen and oxygen atoms in total. The average Bonchev–Trinajstić information content (AvgIpc) is 3.08. The van der Waals surface area contributed by atoms with Crippen LogP contribution in [-0.2, 0) is 11.3 Å². The second-order valence-corrected chi connectivity index (χ2v) is 5.96. The van der Waals surface area contributed by atoms with Gasteiger partial charge in [-0.15, -0.1) is 11.3 Å². The Balaban J connectivity index is 1.95. The second kappa shape index (κ2) is 9.27. The number of nitrogens with one attached hydrogen (secondary N) is 2. The maximum Gasteiger partial charge on any atom is 0.191 e. The number of guanidine groups is 1. The third-order valence-electron chi connectivity index (χ3n) is 3.30. The molecule has 0 aliphatic heterocycles. The fraction of sp³-hybridized carbons (Fsp3) is 0.353. The third-order valence-corrected chi connectivity index (χ3v) is 4.16. The van der Waals surface area contributed by atoms with Gasteiger partial charge < -0.3 is 15.4 Å². The zero-order valence-corrected chi connectivity index (χ0v) is 14.2. The lowest BCUT2D eigenvalue weighted by molar-refractivity contribution is 0.106. The van der Waals surface area contributed by atoms with E-state index in [0.29, 0.717) is 13.1 Å². The molecule has 0 fully saturated rings. The summed E-state index contributed by atoms with van der Waals surface area (Å²) in [5, 5.41) is 8.53. The van der Waals surface area contributed by atoms with Crippen LogP contribution in [0.2, 0.25) is 0 Å². The van der Waals surface area contributed by atoms with E-state index in [0.717, 1.165) is 18.1 Å². The highest BCUT2D eigenvalue weighted by atomic mass is 32.1. The van der Waals surface area contributed by atoms with Crippen molar-refractivity contribution in [2.45, 2.75) is 19.6 Å². The molecule has 1 aromatic carbocycles. The Kier molecular flexibility index (Phi) is 7.03. The summed E-state index contributed by atoms with van der Waals surface area (Å²) in [5.41, 5.74) is 0.926. The van der Waals surface area contributed by atoms with Gasteiger partial charge in [0.15, 0.2) is 5.96 Å². The van der Waals surface area contributed by atoms with Gasteiger partial charge in [0.2, 0.25) is 0 Å². The highest BCUT2D eigenvalue weighted by molar-refractivity contribution is 7.09. The van der Waals surface area contributed by atoms with Gasteiger partial charge in [0, 0.05) is 25.1 Å². The van der Waals surface area contributed by atoms with E-state index in [9.17, 15) is 4.39 Å². The lowest BCUT2D eigenvalue weighted by Gasteiger charge is -2.18. The Morgan fingerprint density at radius 2 is 2.04 bits per heavy atom. The van der Waals surface area contributed by atoms with Crippen LogP contribution in [0.5, 0.6) is 0 Å². The Bertz CT molecular complexity index is 599. The smallest absolute Gasteiger partial charge is 0.191 e. The van der Waals surface area contributed by atoms with Gasteiger partial charge in [-0.3, -0.25) is 0 Å². The number of ether oxygens (including phenoxy) is 1. The van der Waals surface area contributed by atoms with Gasteiger partial charge in [-0.25, -0.2) is 9.38 Å². The van der Waals surface area contributed by atoms with Crippen LogP contribution in [0.25, 0.3) is 0 Å². The predicted molar refractivity (Wildman–Crippen MR) is 93.3 cm³/mol. The fourth-order valence-corrected chi connectivity index (χ4v) is 2.73. The number of hydrogen-bond donors (Lipinski definition) is 2. The molecule has 0 aliphatic rings. The lowest BCUT2D eigenvalue weighted by Crippen LogP contribution is -2.39. The van der Waals surface area contributed by atoms with Gasteiger partial charge in [0.1, 0.15) is 5.82 Å². The lowest BCUT2D eigenvalue weighted by atomic mass is 10.1. The minimum absolute atomic E-state index is 0.166. The van der Waals surface area contributed by atoms with Crippen LogP contribution in [-0.4, -0.2) is 26.2 Å². The van der Waals surface area contributed by atoms with E-state index >= 15 is 0 Å². The van der Waals surface area contributed by atoms with Crippen molar-refractivity contribution in [1.82, 2.24) is 10.6 Å². The first-order valence-electron chi connectivity index (χ1n) is 7.55. The zero-order valence-electron chi connectivity index (χ0n) is 13.4. The molecule has 6 heteroatoms. The van der Waals surface area contributed by atoms with Crippen LogP contribution >= 0.6 is 11.3 Å². The van der Waals surface area contributed by atoms with Crippen molar-refractivity contribution >= 4 is 17.3 Å². The molecule has 0 spiro atoms. The van der Waals surface area contributed by atoms with Crippen molar-refractivity contribution in [1.29, 1.82) is 0 Å². The number of methoxy groups -OCH3 is 1. The van der Waals surface area contributed by atoms with Crippen molar-refractivity contribution in [2.75, 3.05) is 20.2 Å². The number of rotatable bonds is 7. The molecule has 0 saturated carbocycles. The van der Waals surface area contributed by atoms with Crippen LogP contribution < -0.4 is 10.6 Å². The number of aliphatic imine (C=N–C) groups is 1. The van der Waals surface area contributed by atoms with Gasteiger partial charge in [-0.2, -0.15) is 0 Å². The summed E-state index contributed by atoms with van der Waals surface area (Å²) in [4.78, 5) is 5.77. The molecular weight excluding hydrogens is 313 g/mol. The molecule has 2 N–H and O–H groups in total. The molecule has 0 saturated heterocycles. The van der Waals surface area contributed by atoms with Crippen LogP contribution in [0.15, 0.2) is 46.8 Å². The largest absolute Gasteiger partial charge is 0.375 e. The van der Waals surface area contributed by atoms with E-state index in [4.69, 9.17) is 4.74 Å². The van der Waals surface area contributed by atoms with Crippen molar-refractivity contribution in [3.05, 3.63) is 58.0 Å². The minimum atomic E-state index is -0.248. The second-order valence-electron chi connectivity index (χ2n) is 4.93. The summed E-state index contributed by atoms with van der Waals surface area (Å²) in [6, 6.07) is 10.4. The van der Waals surface area contributed by atoms with Crippen LogP contribution in [0.4, 0.5) is 4.39 Å². The zero-order chi connectivity index (χ0) is 16.5. The van der Waals surface area contributed by atoms with Gasteiger partial charge in [0.25, 0.3) is 0 Å². The highest BCUT2D eigenvalue weighted by Crippen LogP contribution is 2.16. The molecule has 2 aromatic rings. The first kappa shape index (κ1) is 17.4. The molecule has 0 amide bonds. The van der Waals surface area contributed by atoms with Crippen molar-refractivity contribution < 1.29 is 9.13 Å². The maximum atomic E-state index is 13.0. The van der Waals surface area contributed by atoms with E-state index in [1.165, 1.54) is 17.0 Å². The average molecular weight is 335 g/mol. The summed E-state index contributed by atoms with van der Waals surface area (Å²) in [7, 11) is 1.64. The Hall–Kier alpha value is -1.92. The fourth-order valence-electron chi connectivity index (χ4n) is 2.11. The van der Waals surface area contributed by atoms with E-state index in [1.54, 1.807) is 30.6 Å². The van der Waals surface area contributed by atoms with Gasteiger partial charge >= 0.3 is 0 Å². The Morgan fingerprint density at radius 1 is 1.26 bits per heavy atom. The Morgan fingerprint density at radius 3 is 2.65 bits per heavy atom. The van der Waals surface area contributed by atoms with Gasteiger partial charge in [-0.05, 0) is 36.1 Å². The van der Waals surface area contributed by atoms with E-state index < -0.39 is 0 Å². The summed E-state index contributed by atoms with van der Waals surface area (Å²) in [5.74, 6) is 0.493. The van der Waals surface area contributed by atoms with E-state index in [2.05, 4.69) is 21.7 Å². The quantitative estimate of drug-likeness (QED) is 0.603. The standard InChI is InChI=1S/C17H22FN3OS/c1-3-19-17(20-11-15-5-4-10-23-15)21-12-16(22-2)13-6-8-14(18)9-7-13/h4-10,16H,3,11-12H2,1-2H3,(H2,19,20,21). The van der Waals surface area contributed by atoms with Gasteiger partial charge in [-0.1, -0.05) is 18.2 Å². The van der Waals surface area contributed by atoms with Crippen molar-refractivity contribution in [2.24, 2.45) is 4.99 Å². The predicted octanol–water partition coefficient (Wildman–Crippen LogP) is 3.33. The topological polar surface area (TPSA) is 45.7 Å². The summed E-state index contributed by atoms with van der Waals surface area (Å²) >= 11 is 1.69. The molecule has 1 aromatic heterocycles. The first-order valence-corrected chi connectivity index (χ1v) is 8.43. The van der Waals surface area contributed by atoms with Crippen LogP contribution in [0.1, 0.15) is 23.5 Å². The first-order chi connectivity index (χ1) is 11.2. The van der Waals surface area contributed by atoms with Crippen molar-refractivity contribution in [3.63, 3.8) is 0 Å². The van der Waals surface area contributed by atoms with E-state index in [1.807, 2.05) is 18.4 Å². The SMILES string of the molecule is CCNC(=NCc1cccs1)NCC(OC)c1ccc(F)cc1.